The molecule has 0 aromatic heterocycles. The van der Waals surface area contributed by atoms with E-state index in [2.05, 4.69) is 0 Å². The normalized spacial score (nSPS) is 23.5. The van der Waals surface area contributed by atoms with Crippen molar-refractivity contribution in [2.45, 2.75) is 19.9 Å². The minimum Gasteiger partial charge on any atom is -0.481 e. The lowest BCUT2D eigenvalue weighted by Crippen LogP contribution is -2.38. The molecule has 0 saturated carbocycles. The van der Waals surface area contributed by atoms with E-state index in [-0.39, 0.29) is 12.5 Å². The molecule has 1 rings (SSSR count). The van der Waals surface area contributed by atoms with Crippen molar-refractivity contribution in [3.8, 4) is 0 Å². The number of hydrogen-bond acceptors (Lipinski definition) is 3. The largest absolute Gasteiger partial charge is 0.481 e. The van der Waals surface area contributed by atoms with Crippen molar-refractivity contribution in [2.24, 2.45) is 5.92 Å². The number of hydrogen-bond donors (Lipinski definition) is 1. The van der Waals surface area contributed by atoms with E-state index in [0.717, 1.165) is 4.90 Å². The van der Waals surface area contributed by atoms with Gasteiger partial charge in [-0.15, -0.1) is 0 Å². The van der Waals surface area contributed by atoms with E-state index >= 15 is 0 Å². The van der Waals surface area contributed by atoms with Crippen LogP contribution in [0.15, 0.2) is 0 Å². The number of amides is 3. The van der Waals surface area contributed by atoms with Crippen LogP contribution in [0.5, 0.6) is 0 Å². The lowest BCUT2D eigenvalue weighted by atomic mass is 10.1. The van der Waals surface area contributed by atoms with Crippen molar-refractivity contribution in [3.05, 3.63) is 0 Å². The van der Waals surface area contributed by atoms with Gasteiger partial charge in [0, 0.05) is 13.6 Å². The molecule has 1 aliphatic heterocycles. The number of urea groups is 1. The number of carbonyl (C=O) groups excluding carboxylic acids is 2. The molecule has 0 aromatic rings. The van der Waals surface area contributed by atoms with Gasteiger partial charge in [-0.2, -0.15) is 0 Å². The first-order chi connectivity index (χ1) is 6.86. The summed E-state index contributed by atoms with van der Waals surface area (Å²) in [4.78, 5) is 35.8. The molecule has 1 N–H and O–H groups in total. The zero-order valence-electron chi connectivity index (χ0n) is 8.93. The fraction of sp³-hybridized carbons (Fsp3) is 0.667. The Labute approximate surface area is 87.5 Å². The average Bonchev–Trinajstić information content (AvgIpc) is 2.35. The molecule has 15 heavy (non-hydrogen) atoms. The summed E-state index contributed by atoms with van der Waals surface area (Å²) >= 11 is 0. The molecule has 3 amide bonds. The summed E-state index contributed by atoms with van der Waals surface area (Å²) in [5, 5.41) is 8.71. The maximum Gasteiger partial charge on any atom is 0.327 e. The van der Waals surface area contributed by atoms with Crippen LogP contribution in [0.3, 0.4) is 0 Å². The number of carboxylic acids is 1. The van der Waals surface area contributed by atoms with Gasteiger partial charge >= 0.3 is 12.0 Å². The molecule has 0 radical (unpaired) electrons. The smallest absolute Gasteiger partial charge is 0.327 e. The Morgan fingerprint density at radius 3 is 2.40 bits per heavy atom. The van der Waals surface area contributed by atoms with Crippen LogP contribution in [0.25, 0.3) is 0 Å². The molecule has 1 heterocycles. The molecule has 0 bridgehead atoms. The average molecular weight is 214 g/mol. The van der Waals surface area contributed by atoms with E-state index in [1.165, 1.54) is 18.9 Å². The van der Waals surface area contributed by atoms with Crippen LogP contribution in [0.2, 0.25) is 0 Å². The predicted molar refractivity (Wildman–Crippen MR) is 51.1 cm³/mol. The van der Waals surface area contributed by atoms with Gasteiger partial charge in [0.1, 0.15) is 6.04 Å². The molecular weight excluding hydrogens is 200 g/mol. The Hall–Kier alpha value is -1.59. The van der Waals surface area contributed by atoms with Gasteiger partial charge in [0.15, 0.2) is 0 Å². The minimum atomic E-state index is -0.975. The molecule has 1 saturated heterocycles. The summed E-state index contributed by atoms with van der Waals surface area (Å²) in [6, 6.07) is -0.995. The number of likely N-dealkylation sites (N-methyl/N-ethyl adjacent to an activating group) is 1. The van der Waals surface area contributed by atoms with Crippen LogP contribution in [0, 0.1) is 5.92 Å². The van der Waals surface area contributed by atoms with E-state index in [0.29, 0.717) is 0 Å². The maximum atomic E-state index is 11.5. The molecule has 84 valence electrons. The van der Waals surface area contributed by atoms with Gasteiger partial charge < -0.3 is 10.0 Å². The molecule has 0 spiro atoms. The molecule has 6 nitrogen and oxygen atoms in total. The maximum absolute atomic E-state index is 11.5. The van der Waals surface area contributed by atoms with Crippen LogP contribution < -0.4 is 0 Å². The van der Waals surface area contributed by atoms with Gasteiger partial charge in [-0.3, -0.25) is 14.5 Å². The van der Waals surface area contributed by atoms with E-state index in [1.807, 2.05) is 0 Å². The lowest BCUT2D eigenvalue weighted by molar-refractivity contribution is -0.141. The third-order valence-corrected chi connectivity index (χ3v) is 2.58. The predicted octanol–water partition coefficient (Wildman–Crippen LogP) is -0.0104. The van der Waals surface area contributed by atoms with Gasteiger partial charge in [0.25, 0.3) is 5.91 Å². The van der Waals surface area contributed by atoms with Crippen molar-refractivity contribution in [1.82, 2.24) is 9.80 Å². The first kappa shape index (κ1) is 11.5. The van der Waals surface area contributed by atoms with Crippen LogP contribution in [-0.4, -0.2) is 52.4 Å². The quantitative estimate of drug-likeness (QED) is 0.670. The van der Waals surface area contributed by atoms with Gasteiger partial charge in [0.05, 0.1) is 5.92 Å². The first-order valence-electron chi connectivity index (χ1n) is 4.67. The van der Waals surface area contributed by atoms with Crippen LogP contribution in [0.4, 0.5) is 4.79 Å². The first-order valence-corrected chi connectivity index (χ1v) is 4.67. The fourth-order valence-electron chi connectivity index (χ4n) is 1.48. The zero-order chi connectivity index (χ0) is 11.7. The summed E-state index contributed by atoms with van der Waals surface area (Å²) in [7, 11) is 1.40. The topological polar surface area (TPSA) is 77.9 Å². The molecule has 1 aliphatic rings. The number of rotatable bonds is 3. The monoisotopic (exact) mass is 214 g/mol. The minimum absolute atomic E-state index is 0.0609. The Balaban J connectivity index is 2.75. The van der Waals surface area contributed by atoms with Crippen molar-refractivity contribution >= 4 is 17.9 Å². The number of imide groups is 1. The van der Waals surface area contributed by atoms with Crippen molar-refractivity contribution in [1.29, 1.82) is 0 Å². The van der Waals surface area contributed by atoms with Crippen molar-refractivity contribution in [3.63, 3.8) is 0 Å². The lowest BCUT2D eigenvalue weighted by Gasteiger charge is -2.20. The Kier molecular flexibility index (Phi) is 2.97. The van der Waals surface area contributed by atoms with Crippen molar-refractivity contribution < 1.29 is 19.5 Å². The van der Waals surface area contributed by atoms with Crippen molar-refractivity contribution in [2.75, 3.05) is 13.6 Å². The number of aliphatic carboxylic acids is 1. The second-order valence-electron chi connectivity index (χ2n) is 3.75. The summed E-state index contributed by atoms with van der Waals surface area (Å²) in [6.45, 7) is 3.16. The fourth-order valence-corrected chi connectivity index (χ4v) is 1.48. The van der Waals surface area contributed by atoms with Crippen LogP contribution >= 0.6 is 0 Å². The number of carbonyl (C=O) groups is 3. The SMILES string of the molecule is CC(CN1C(=O)N(C)C(=O)C1C)C(=O)O. The number of nitrogens with zero attached hydrogens (tertiary/aromatic N) is 2. The molecule has 6 heteroatoms. The highest BCUT2D eigenvalue weighted by atomic mass is 16.4. The molecule has 0 aliphatic carbocycles. The number of carboxylic acid groups (broad SMARTS) is 1. The Morgan fingerprint density at radius 2 is 2.07 bits per heavy atom. The van der Waals surface area contributed by atoms with Gasteiger partial charge in [-0.25, -0.2) is 4.79 Å². The summed E-state index contributed by atoms with van der Waals surface area (Å²) in [5.74, 6) is -1.94. The van der Waals surface area contributed by atoms with E-state index < -0.39 is 24.0 Å². The summed E-state index contributed by atoms with van der Waals surface area (Å²) < 4.78 is 0. The third kappa shape index (κ3) is 1.93. The van der Waals surface area contributed by atoms with Gasteiger partial charge in [-0.05, 0) is 6.92 Å². The van der Waals surface area contributed by atoms with Crippen LogP contribution in [-0.2, 0) is 9.59 Å². The molecular formula is C9H14N2O4. The molecule has 1 fully saturated rings. The van der Waals surface area contributed by atoms with Gasteiger partial charge in [0.2, 0.25) is 0 Å². The standard InChI is InChI=1S/C9H14N2O4/c1-5(8(13)14)4-11-6(2)7(12)10(3)9(11)15/h5-6H,4H2,1-3H3,(H,13,14). The summed E-state index contributed by atoms with van der Waals surface area (Å²) in [6.07, 6.45) is 0. The molecule has 2 unspecified atom stereocenters. The second kappa shape index (κ2) is 3.88. The van der Waals surface area contributed by atoms with E-state index in [9.17, 15) is 14.4 Å². The highest BCUT2D eigenvalue weighted by Crippen LogP contribution is 2.17. The van der Waals surface area contributed by atoms with Gasteiger partial charge in [-0.1, -0.05) is 6.92 Å². The molecule has 2 atom stereocenters. The highest BCUT2D eigenvalue weighted by Gasteiger charge is 2.41. The highest BCUT2D eigenvalue weighted by molar-refractivity contribution is 6.03. The molecule has 0 aromatic carbocycles. The van der Waals surface area contributed by atoms with E-state index in [1.54, 1.807) is 6.92 Å². The van der Waals surface area contributed by atoms with E-state index in [4.69, 9.17) is 5.11 Å². The third-order valence-electron chi connectivity index (χ3n) is 2.58. The Morgan fingerprint density at radius 1 is 1.53 bits per heavy atom. The Bertz CT molecular complexity index is 315. The zero-order valence-corrected chi connectivity index (χ0v) is 8.93. The van der Waals surface area contributed by atoms with Crippen LogP contribution in [0.1, 0.15) is 13.8 Å². The summed E-state index contributed by atoms with van der Waals surface area (Å²) in [5.41, 5.74) is 0. The second-order valence-corrected chi connectivity index (χ2v) is 3.75.